The van der Waals surface area contributed by atoms with E-state index < -0.39 is 0 Å². The summed E-state index contributed by atoms with van der Waals surface area (Å²) in [6.07, 6.45) is 2.11. The highest BCUT2D eigenvalue weighted by atomic mass is 16.5. The first-order valence-corrected chi connectivity index (χ1v) is 8.80. The molecule has 2 aliphatic rings. The van der Waals surface area contributed by atoms with Crippen molar-refractivity contribution in [1.82, 2.24) is 10.6 Å². The minimum atomic E-state index is -0.115. The van der Waals surface area contributed by atoms with Crippen LogP contribution in [-0.2, 0) is 4.74 Å². The van der Waals surface area contributed by atoms with Crippen molar-refractivity contribution in [2.45, 2.75) is 51.8 Å². The molecule has 5 nitrogen and oxygen atoms in total. The van der Waals surface area contributed by atoms with E-state index in [9.17, 15) is 4.79 Å². The molecular weight excluding hydrogens is 304 g/mol. The van der Waals surface area contributed by atoms with Crippen LogP contribution in [0.4, 0.5) is 4.79 Å². The molecule has 2 amide bonds. The molecule has 1 aromatic carbocycles. The van der Waals surface area contributed by atoms with Gasteiger partial charge in [0.25, 0.3) is 0 Å². The predicted molar refractivity (Wildman–Crippen MR) is 93.1 cm³/mol. The van der Waals surface area contributed by atoms with E-state index in [-0.39, 0.29) is 29.6 Å². The maximum atomic E-state index is 12.6. The molecule has 0 unspecified atom stereocenters. The molecule has 0 aromatic heterocycles. The zero-order chi connectivity index (χ0) is 17.3. The van der Waals surface area contributed by atoms with Gasteiger partial charge in [-0.15, -0.1) is 0 Å². The third-order valence-electron chi connectivity index (χ3n) is 5.61. The van der Waals surface area contributed by atoms with Crippen LogP contribution in [0.2, 0.25) is 0 Å². The van der Waals surface area contributed by atoms with Crippen LogP contribution in [0.3, 0.4) is 0 Å². The van der Waals surface area contributed by atoms with Gasteiger partial charge < -0.3 is 20.1 Å². The van der Waals surface area contributed by atoms with E-state index in [2.05, 4.69) is 31.4 Å². The zero-order valence-corrected chi connectivity index (χ0v) is 15.0. The van der Waals surface area contributed by atoms with Crippen molar-refractivity contribution in [3.05, 3.63) is 29.8 Å². The number of hydrogen-bond acceptors (Lipinski definition) is 3. The number of amides is 2. The highest BCUT2D eigenvalue weighted by Crippen LogP contribution is 2.52. The second-order valence-electron chi connectivity index (χ2n) is 7.36. The number of urea groups is 1. The Kier molecular flexibility index (Phi) is 4.72. The number of rotatable bonds is 5. The average molecular weight is 332 g/mol. The highest BCUT2D eigenvalue weighted by Gasteiger charge is 2.59. The number of hydrogen-bond donors (Lipinski definition) is 2. The molecule has 1 heterocycles. The van der Waals surface area contributed by atoms with Crippen LogP contribution in [0.15, 0.2) is 24.3 Å². The zero-order valence-electron chi connectivity index (χ0n) is 15.0. The number of carbonyl (C=O) groups excluding carboxylic acids is 1. The lowest BCUT2D eigenvalue weighted by Gasteiger charge is -2.54. The van der Waals surface area contributed by atoms with Gasteiger partial charge in [0.2, 0.25) is 0 Å². The van der Waals surface area contributed by atoms with Gasteiger partial charge in [-0.25, -0.2) is 4.79 Å². The molecule has 1 aliphatic heterocycles. The fourth-order valence-corrected chi connectivity index (χ4v) is 4.31. The lowest BCUT2D eigenvalue weighted by molar-refractivity contribution is -0.108. The Hall–Kier alpha value is -1.75. The van der Waals surface area contributed by atoms with Crippen molar-refractivity contribution < 1.29 is 14.3 Å². The molecule has 0 bridgehead atoms. The largest absolute Gasteiger partial charge is 0.496 e. The van der Waals surface area contributed by atoms with E-state index in [1.807, 2.05) is 24.3 Å². The predicted octanol–water partition coefficient (Wildman–Crippen LogP) is 3.26. The number of benzene rings is 1. The Bertz CT molecular complexity index is 602. The number of methoxy groups -OCH3 is 1. The number of para-hydroxylation sites is 1. The smallest absolute Gasteiger partial charge is 0.315 e. The van der Waals surface area contributed by atoms with Crippen LogP contribution in [-0.4, -0.2) is 31.9 Å². The van der Waals surface area contributed by atoms with Crippen molar-refractivity contribution in [3.63, 3.8) is 0 Å². The van der Waals surface area contributed by atoms with Crippen LogP contribution in [0, 0.1) is 11.3 Å². The average Bonchev–Trinajstić information content (AvgIpc) is 3.05. The number of nitrogens with one attached hydrogen (secondary N) is 2. The molecule has 0 spiro atoms. The van der Waals surface area contributed by atoms with Crippen LogP contribution in [0.5, 0.6) is 5.75 Å². The topological polar surface area (TPSA) is 59.6 Å². The van der Waals surface area contributed by atoms with Gasteiger partial charge in [-0.1, -0.05) is 39.0 Å². The summed E-state index contributed by atoms with van der Waals surface area (Å²) in [4.78, 5) is 12.6. The van der Waals surface area contributed by atoms with Crippen LogP contribution >= 0.6 is 0 Å². The van der Waals surface area contributed by atoms with Gasteiger partial charge in [0.15, 0.2) is 0 Å². The summed E-state index contributed by atoms with van der Waals surface area (Å²) >= 11 is 0. The van der Waals surface area contributed by atoms with E-state index in [0.717, 1.165) is 30.8 Å². The Balaban J connectivity index is 1.65. The molecule has 2 N–H and O–H groups in total. The van der Waals surface area contributed by atoms with E-state index >= 15 is 0 Å². The second-order valence-corrected chi connectivity index (χ2v) is 7.36. The van der Waals surface area contributed by atoms with Gasteiger partial charge in [-0.05, 0) is 18.9 Å². The SMILES string of the molecule is CC[C@H](NC(=O)N[C@@H]1[C@H]2CCO[C@H]2C1(C)C)c1ccccc1OC. The number of carbonyl (C=O) groups is 1. The summed E-state index contributed by atoms with van der Waals surface area (Å²) in [5, 5.41) is 6.28. The maximum absolute atomic E-state index is 12.6. The minimum absolute atomic E-state index is 0.00927. The van der Waals surface area contributed by atoms with Gasteiger partial charge in [0, 0.05) is 29.5 Å². The lowest BCUT2D eigenvalue weighted by Crippen LogP contribution is -2.67. The van der Waals surface area contributed by atoms with Crippen molar-refractivity contribution in [1.29, 1.82) is 0 Å². The quantitative estimate of drug-likeness (QED) is 0.870. The third-order valence-corrected chi connectivity index (χ3v) is 5.61. The highest BCUT2D eigenvalue weighted by molar-refractivity contribution is 5.75. The molecule has 1 saturated carbocycles. The van der Waals surface area contributed by atoms with Crippen molar-refractivity contribution >= 4 is 6.03 Å². The van der Waals surface area contributed by atoms with Gasteiger partial charge in [-0.3, -0.25) is 0 Å². The van der Waals surface area contributed by atoms with Gasteiger partial charge >= 0.3 is 6.03 Å². The molecule has 2 fully saturated rings. The standard InChI is InChI=1S/C19H28N2O3/c1-5-14(12-8-6-7-9-15(12)23-4)20-18(22)21-16-13-10-11-24-17(13)19(16,2)3/h6-9,13-14,16-17H,5,10-11H2,1-4H3,(H2,20,21,22)/t13-,14+,16-,17-/m1/s1. The molecule has 4 atom stereocenters. The monoisotopic (exact) mass is 332 g/mol. The van der Waals surface area contributed by atoms with Crippen LogP contribution in [0.25, 0.3) is 0 Å². The third kappa shape index (κ3) is 2.86. The van der Waals surface area contributed by atoms with Crippen molar-refractivity contribution in [2.75, 3.05) is 13.7 Å². The van der Waals surface area contributed by atoms with E-state index in [0.29, 0.717) is 5.92 Å². The van der Waals surface area contributed by atoms with E-state index in [1.165, 1.54) is 0 Å². The fraction of sp³-hybridized carbons (Fsp3) is 0.632. The first-order valence-electron chi connectivity index (χ1n) is 8.80. The Morgan fingerprint density at radius 2 is 2.17 bits per heavy atom. The molecule has 1 aliphatic carbocycles. The number of ether oxygens (including phenoxy) is 2. The van der Waals surface area contributed by atoms with Gasteiger partial charge in [0.1, 0.15) is 5.75 Å². The van der Waals surface area contributed by atoms with Gasteiger partial charge in [-0.2, -0.15) is 0 Å². The Morgan fingerprint density at radius 3 is 2.88 bits per heavy atom. The first kappa shape index (κ1) is 17.1. The molecule has 24 heavy (non-hydrogen) atoms. The number of fused-ring (bicyclic) bond motifs is 1. The van der Waals surface area contributed by atoms with Crippen LogP contribution < -0.4 is 15.4 Å². The van der Waals surface area contributed by atoms with Crippen molar-refractivity contribution in [3.8, 4) is 5.75 Å². The molecular formula is C19H28N2O3. The summed E-state index contributed by atoms with van der Waals surface area (Å²) in [6.45, 7) is 7.20. The van der Waals surface area contributed by atoms with Crippen LogP contribution in [0.1, 0.15) is 45.2 Å². The Morgan fingerprint density at radius 1 is 1.42 bits per heavy atom. The molecule has 0 radical (unpaired) electrons. The Labute approximate surface area is 144 Å². The summed E-state index contributed by atoms with van der Waals surface area (Å²) in [5.74, 6) is 1.25. The maximum Gasteiger partial charge on any atom is 0.315 e. The van der Waals surface area contributed by atoms with Crippen molar-refractivity contribution in [2.24, 2.45) is 11.3 Å². The second kappa shape index (κ2) is 6.63. The summed E-state index contributed by atoms with van der Waals surface area (Å²) in [5.41, 5.74) is 0.998. The van der Waals surface area contributed by atoms with E-state index in [1.54, 1.807) is 7.11 Å². The normalized spacial score (nSPS) is 28.4. The van der Waals surface area contributed by atoms with E-state index in [4.69, 9.17) is 9.47 Å². The fourth-order valence-electron chi connectivity index (χ4n) is 4.31. The molecule has 1 saturated heterocycles. The summed E-state index contributed by atoms with van der Waals surface area (Å²) in [6, 6.07) is 7.81. The molecule has 1 aromatic rings. The molecule has 3 rings (SSSR count). The summed E-state index contributed by atoms with van der Waals surface area (Å²) in [7, 11) is 1.66. The summed E-state index contributed by atoms with van der Waals surface area (Å²) < 4.78 is 11.2. The van der Waals surface area contributed by atoms with Gasteiger partial charge in [0.05, 0.1) is 19.3 Å². The first-order chi connectivity index (χ1) is 11.5. The lowest BCUT2D eigenvalue weighted by atomic mass is 9.57. The minimum Gasteiger partial charge on any atom is -0.496 e. The molecule has 132 valence electrons. The molecule has 5 heteroatoms.